The van der Waals surface area contributed by atoms with E-state index < -0.39 is 5.60 Å². The van der Waals surface area contributed by atoms with E-state index in [-0.39, 0.29) is 29.9 Å². The highest BCUT2D eigenvalue weighted by Crippen LogP contribution is 2.26. The van der Waals surface area contributed by atoms with E-state index in [0.29, 0.717) is 36.9 Å². The van der Waals surface area contributed by atoms with E-state index in [9.17, 15) is 14.4 Å². The van der Waals surface area contributed by atoms with Gasteiger partial charge in [0.2, 0.25) is 0 Å². The van der Waals surface area contributed by atoms with Gasteiger partial charge in [0.05, 0.1) is 19.6 Å². The number of rotatable bonds is 6. The SMILES string of the molecule is COC(=O)C1CCC(NC(=O)c2cccc(OCC3CCN(C(=O)OC(C)(C)C)CC3)c2)CC1. The molecule has 188 valence electrons. The largest absolute Gasteiger partial charge is 0.493 e. The lowest BCUT2D eigenvalue weighted by Crippen LogP contribution is -2.42. The Hall–Kier alpha value is -2.77. The summed E-state index contributed by atoms with van der Waals surface area (Å²) in [5.74, 6) is 0.659. The number of likely N-dealkylation sites (tertiary alicyclic amines) is 1. The molecule has 1 saturated carbocycles. The number of hydrogen-bond acceptors (Lipinski definition) is 6. The van der Waals surface area contributed by atoms with Gasteiger partial charge < -0.3 is 24.4 Å². The lowest BCUT2D eigenvalue weighted by Gasteiger charge is -2.33. The van der Waals surface area contributed by atoms with Gasteiger partial charge in [-0.2, -0.15) is 0 Å². The van der Waals surface area contributed by atoms with Crippen molar-refractivity contribution in [2.24, 2.45) is 11.8 Å². The van der Waals surface area contributed by atoms with Gasteiger partial charge in [-0.15, -0.1) is 0 Å². The third-order valence-corrected chi connectivity index (χ3v) is 6.45. The number of amides is 2. The van der Waals surface area contributed by atoms with Crippen LogP contribution < -0.4 is 10.1 Å². The summed E-state index contributed by atoms with van der Waals surface area (Å²) in [6.45, 7) is 7.47. The van der Waals surface area contributed by atoms with Crippen LogP contribution in [0.1, 0.15) is 69.7 Å². The summed E-state index contributed by atoms with van der Waals surface area (Å²) in [6, 6.07) is 7.29. The Bertz CT molecular complexity index is 849. The predicted molar refractivity (Wildman–Crippen MR) is 128 cm³/mol. The van der Waals surface area contributed by atoms with E-state index in [2.05, 4.69) is 5.32 Å². The Morgan fingerprint density at radius 1 is 1.03 bits per heavy atom. The van der Waals surface area contributed by atoms with Crippen LogP contribution >= 0.6 is 0 Å². The standard InChI is InChI=1S/C26H38N2O6/c1-26(2,3)34-25(31)28-14-12-18(13-15-28)17-33-22-7-5-6-20(16-22)23(29)27-21-10-8-19(9-11-21)24(30)32-4/h5-7,16,18-19,21H,8-15,17H2,1-4H3,(H,27,29). The van der Waals surface area contributed by atoms with Gasteiger partial charge in [-0.3, -0.25) is 9.59 Å². The zero-order chi connectivity index (χ0) is 24.7. The zero-order valence-electron chi connectivity index (χ0n) is 20.8. The second-order valence-electron chi connectivity index (χ2n) is 10.3. The Kier molecular flexibility index (Phi) is 8.80. The van der Waals surface area contributed by atoms with Gasteiger partial charge in [0.25, 0.3) is 5.91 Å². The molecule has 1 aromatic rings. The average molecular weight is 475 g/mol. The number of ether oxygens (including phenoxy) is 3. The molecule has 0 radical (unpaired) electrons. The summed E-state index contributed by atoms with van der Waals surface area (Å²) in [5.41, 5.74) is 0.0731. The Morgan fingerprint density at radius 2 is 1.71 bits per heavy atom. The molecule has 1 N–H and O–H groups in total. The van der Waals surface area contributed by atoms with Crippen LogP contribution in [0.25, 0.3) is 0 Å². The smallest absolute Gasteiger partial charge is 0.410 e. The van der Waals surface area contributed by atoms with Crippen molar-refractivity contribution in [3.63, 3.8) is 0 Å². The first-order valence-electron chi connectivity index (χ1n) is 12.2. The summed E-state index contributed by atoms with van der Waals surface area (Å²) >= 11 is 0. The molecule has 0 aromatic heterocycles. The maximum atomic E-state index is 12.7. The van der Waals surface area contributed by atoms with Crippen LogP contribution in [0.4, 0.5) is 4.79 Å². The monoisotopic (exact) mass is 474 g/mol. The van der Waals surface area contributed by atoms with Crippen LogP contribution in [-0.2, 0) is 14.3 Å². The first-order chi connectivity index (χ1) is 16.1. The molecule has 1 aliphatic carbocycles. The van der Waals surface area contributed by atoms with Gasteiger partial charge in [0.15, 0.2) is 0 Å². The molecule has 1 saturated heterocycles. The number of esters is 1. The van der Waals surface area contributed by atoms with Crippen LogP contribution in [0.5, 0.6) is 5.75 Å². The van der Waals surface area contributed by atoms with Crippen molar-refractivity contribution in [2.45, 2.75) is 70.9 Å². The molecule has 2 fully saturated rings. The zero-order valence-corrected chi connectivity index (χ0v) is 20.8. The van der Waals surface area contributed by atoms with Gasteiger partial charge in [-0.1, -0.05) is 6.07 Å². The van der Waals surface area contributed by atoms with Crippen molar-refractivity contribution in [3.8, 4) is 5.75 Å². The molecule has 0 spiro atoms. The second kappa shape index (κ2) is 11.6. The topological polar surface area (TPSA) is 94.2 Å². The Morgan fingerprint density at radius 3 is 2.32 bits per heavy atom. The minimum absolute atomic E-state index is 0.0631. The third-order valence-electron chi connectivity index (χ3n) is 6.45. The second-order valence-corrected chi connectivity index (χ2v) is 10.3. The highest BCUT2D eigenvalue weighted by molar-refractivity contribution is 5.94. The molecule has 0 atom stereocenters. The van der Waals surface area contributed by atoms with Crippen molar-refractivity contribution in [1.82, 2.24) is 10.2 Å². The molecule has 1 heterocycles. The molecule has 1 aromatic carbocycles. The number of carbonyl (C=O) groups excluding carboxylic acids is 3. The highest BCUT2D eigenvalue weighted by atomic mass is 16.6. The minimum atomic E-state index is -0.489. The first-order valence-corrected chi connectivity index (χ1v) is 12.2. The van der Waals surface area contributed by atoms with Gasteiger partial charge in [0, 0.05) is 24.7 Å². The van der Waals surface area contributed by atoms with E-state index in [1.807, 2.05) is 32.9 Å². The van der Waals surface area contributed by atoms with Gasteiger partial charge >= 0.3 is 12.1 Å². The summed E-state index contributed by atoms with van der Waals surface area (Å²) in [5, 5.41) is 3.08. The Balaban J connectivity index is 1.42. The molecule has 1 aliphatic heterocycles. The summed E-state index contributed by atoms with van der Waals surface area (Å²) in [6.07, 6.45) is 4.44. The van der Waals surface area contributed by atoms with E-state index in [0.717, 1.165) is 38.5 Å². The van der Waals surface area contributed by atoms with E-state index >= 15 is 0 Å². The van der Waals surface area contributed by atoms with Crippen LogP contribution in [-0.4, -0.2) is 61.3 Å². The van der Waals surface area contributed by atoms with Crippen LogP contribution in [0.15, 0.2) is 24.3 Å². The molecular weight excluding hydrogens is 436 g/mol. The molecule has 34 heavy (non-hydrogen) atoms. The quantitative estimate of drug-likeness (QED) is 0.622. The summed E-state index contributed by atoms with van der Waals surface area (Å²) in [7, 11) is 1.41. The maximum absolute atomic E-state index is 12.7. The number of piperidine rings is 1. The molecule has 0 unspecified atom stereocenters. The fourth-order valence-electron chi connectivity index (χ4n) is 4.46. The van der Waals surface area contributed by atoms with Crippen molar-refractivity contribution in [2.75, 3.05) is 26.8 Å². The summed E-state index contributed by atoms with van der Waals surface area (Å²) < 4.78 is 16.3. The number of nitrogens with zero attached hydrogens (tertiary/aromatic N) is 1. The molecule has 2 amide bonds. The number of nitrogens with one attached hydrogen (secondary N) is 1. The number of carbonyl (C=O) groups is 3. The lowest BCUT2D eigenvalue weighted by atomic mass is 9.86. The van der Waals surface area contributed by atoms with Gasteiger partial charge in [0.1, 0.15) is 11.4 Å². The van der Waals surface area contributed by atoms with Crippen molar-refractivity contribution in [1.29, 1.82) is 0 Å². The number of benzene rings is 1. The fourth-order valence-corrected chi connectivity index (χ4v) is 4.46. The number of methoxy groups -OCH3 is 1. The Labute approximate surface area is 202 Å². The fraction of sp³-hybridized carbons (Fsp3) is 0.654. The molecule has 8 heteroatoms. The van der Waals surface area contributed by atoms with E-state index in [1.54, 1.807) is 17.0 Å². The van der Waals surface area contributed by atoms with Crippen LogP contribution in [0.3, 0.4) is 0 Å². The average Bonchev–Trinajstić information content (AvgIpc) is 2.82. The van der Waals surface area contributed by atoms with Crippen molar-refractivity contribution < 1.29 is 28.6 Å². The lowest BCUT2D eigenvalue weighted by molar-refractivity contribution is -0.146. The summed E-state index contributed by atoms with van der Waals surface area (Å²) in [4.78, 5) is 38.4. The molecular formula is C26H38N2O6. The highest BCUT2D eigenvalue weighted by Gasteiger charge is 2.29. The predicted octanol–water partition coefficient (Wildman–Crippen LogP) is 4.17. The third kappa shape index (κ3) is 7.64. The van der Waals surface area contributed by atoms with Gasteiger partial charge in [-0.05, 0) is 83.4 Å². The van der Waals surface area contributed by atoms with E-state index in [1.165, 1.54) is 7.11 Å². The molecule has 2 aliphatic rings. The maximum Gasteiger partial charge on any atom is 0.410 e. The minimum Gasteiger partial charge on any atom is -0.493 e. The molecule has 8 nitrogen and oxygen atoms in total. The molecule has 3 rings (SSSR count). The van der Waals surface area contributed by atoms with Crippen LogP contribution in [0.2, 0.25) is 0 Å². The first kappa shape index (κ1) is 25.8. The normalized spacial score (nSPS) is 21.5. The van der Waals surface area contributed by atoms with Crippen molar-refractivity contribution >= 4 is 18.0 Å². The van der Waals surface area contributed by atoms with Gasteiger partial charge in [-0.25, -0.2) is 4.79 Å². The van der Waals surface area contributed by atoms with Crippen molar-refractivity contribution in [3.05, 3.63) is 29.8 Å². The van der Waals surface area contributed by atoms with Crippen LogP contribution in [0, 0.1) is 11.8 Å². The van der Waals surface area contributed by atoms with E-state index in [4.69, 9.17) is 14.2 Å². The molecule has 0 bridgehead atoms. The number of hydrogen-bond donors (Lipinski definition) is 1.